The van der Waals surface area contributed by atoms with Crippen molar-refractivity contribution in [2.45, 2.75) is 6.61 Å². The van der Waals surface area contributed by atoms with Crippen LogP contribution in [0.1, 0.15) is 5.89 Å². The number of benzene rings is 2. The Kier molecular flexibility index (Phi) is 4.83. The van der Waals surface area contributed by atoms with Gasteiger partial charge in [0.05, 0.1) is 12.1 Å². The van der Waals surface area contributed by atoms with Crippen molar-refractivity contribution in [1.29, 1.82) is 0 Å². The molecule has 0 saturated heterocycles. The Morgan fingerprint density at radius 3 is 2.65 bits per heavy atom. The molecule has 0 N–H and O–H groups in total. The largest absolute Gasteiger partial charge is 0.497 e. The summed E-state index contributed by atoms with van der Waals surface area (Å²) in [6.07, 6.45) is 0. The van der Waals surface area contributed by atoms with Crippen LogP contribution in [0.5, 0.6) is 11.5 Å². The van der Waals surface area contributed by atoms with Crippen LogP contribution >= 0.6 is 27.5 Å². The third-order valence-electron chi connectivity index (χ3n) is 3.06. The first kappa shape index (κ1) is 15.8. The molecule has 2 aromatic carbocycles. The van der Waals surface area contributed by atoms with Gasteiger partial charge in [-0.3, -0.25) is 0 Å². The van der Waals surface area contributed by atoms with Gasteiger partial charge < -0.3 is 14.0 Å². The molecule has 0 amide bonds. The molecule has 1 aromatic heterocycles. The zero-order valence-corrected chi connectivity index (χ0v) is 14.5. The number of halogens is 2. The quantitative estimate of drug-likeness (QED) is 0.624. The Morgan fingerprint density at radius 1 is 1.17 bits per heavy atom. The lowest BCUT2D eigenvalue weighted by atomic mass is 10.2. The Hall–Kier alpha value is -2.05. The van der Waals surface area contributed by atoms with E-state index in [0.29, 0.717) is 22.5 Å². The maximum absolute atomic E-state index is 6.09. The van der Waals surface area contributed by atoms with Crippen molar-refractivity contribution < 1.29 is 14.0 Å². The van der Waals surface area contributed by atoms with Crippen molar-refractivity contribution >= 4 is 27.5 Å². The molecule has 5 nitrogen and oxygen atoms in total. The monoisotopic (exact) mass is 394 g/mol. The molecule has 0 saturated carbocycles. The molecule has 3 rings (SSSR count). The van der Waals surface area contributed by atoms with Crippen LogP contribution in [0.3, 0.4) is 0 Å². The average Bonchev–Trinajstić information content (AvgIpc) is 3.03. The standard InChI is InChI=1S/C16H12BrClN2O3/c1-21-12-5-2-10(3-6-12)16-19-15(23-20-16)9-22-14-7-4-11(17)8-13(14)18/h2-8H,9H2,1H3. The highest BCUT2D eigenvalue weighted by Gasteiger charge is 2.10. The number of rotatable bonds is 5. The number of hydrogen-bond acceptors (Lipinski definition) is 5. The summed E-state index contributed by atoms with van der Waals surface area (Å²) in [6, 6.07) is 12.8. The second-order valence-corrected chi connectivity index (χ2v) is 5.93. The van der Waals surface area contributed by atoms with Gasteiger partial charge in [0.1, 0.15) is 11.5 Å². The van der Waals surface area contributed by atoms with Crippen LogP contribution in [0.4, 0.5) is 0 Å². The second kappa shape index (κ2) is 7.02. The maximum Gasteiger partial charge on any atom is 0.264 e. The third-order valence-corrected chi connectivity index (χ3v) is 3.85. The number of ether oxygens (including phenoxy) is 2. The Morgan fingerprint density at radius 2 is 1.96 bits per heavy atom. The molecule has 3 aromatic rings. The van der Waals surface area contributed by atoms with Crippen LogP contribution in [0.25, 0.3) is 11.4 Å². The summed E-state index contributed by atoms with van der Waals surface area (Å²) >= 11 is 9.43. The van der Waals surface area contributed by atoms with Crippen LogP contribution in [0, 0.1) is 0 Å². The van der Waals surface area contributed by atoms with Crippen molar-refractivity contribution in [3.05, 3.63) is 57.9 Å². The fourth-order valence-corrected chi connectivity index (χ4v) is 2.63. The highest BCUT2D eigenvalue weighted by Crippen LogP contribution is 2.28. The van der Waals surface area contributed by atoms with E-state index in [0.717, 1.165) is 15.8 Å². The highest BCUT2D eigenvalue weighted by atomic mass is 79.9. The van der Waals surface area contributed by atoms with E-state index >= 15 is 0 Å². The van der Waals surface area contributed by atoms with E-state index in [1.165, 1.54) is 0 Å². The van der Waals surface area contributed by atoms with E-state index in [2.05, 4.69) is 26.1 Å². The van der Waals surface area contributed by atoms with Crippen molar-refractivity contribution in [3.63, 3.8) is 0 Å². The molecule has 118 valence electrons. The lowest BCUT2D eigenvalue weighted by Gasteiger charge is -2.05. The summed E-state index contributed by atoms with van der Waals surface area (Å²) in [4.78, 5) is 4.30. The van der Waals surface area contributed by atoms with E-state index in [1.54, 1.807) is 19.2 Å². The summed E-state index contributed by atoms with van der Waals surface area (Å²) in [5.74, 6) is 2.19. The lowest BCUT2D eigenvalue weighted by Crippen LogP contribution is -1.96. The normalized spacial score (nSPS) is 10.6. The topological polar surface area (TPSA) is 57.4 Å². The third kappa shape index (κ3) is 3.83. The molecule has 0 atom stereocenters. The molecule has 0 aliphatic heterocycles. The van der Waals surface area contributed by atoms with E-state index < -0.39 is 0 Å². The molecule has 0 fully saturated rings. The SMILES string of the molecule is COc1ccc(-c2noc(COc3ccc(Br)cc3Cl)n2)cc1. The first-order valence-electron chi connectivity index (χ1n) is 6.70. The van der Waals surface area contributed by atoms with Crippen LogP contribution in [-0.2, 0) is 6.61 Å². The molecule has 0 aliphatic carbocycles. The van der Waals surface area contributed by atoms with Gasteiger partial charge in [-0.05, 0) is 42.5 Å². The van der Waals surface area contributed by atoms with Crippen molar-refractivity contribution in [1.82, 2.24) is 10.1 Å². The fourth-order valence-electron chi connectivity index (χ4n) is 1.90. The van der Waals surface area contributed by atoms with Crippen LogP contribution in [-0.4, -0.2) is 17.3 Å². The van der Waals surface area contributed by atoms with Gasteiger partial charge >= 0.3 is 0 Å². The Balaban J connectivity index is 1.69. The molecule has 7 heteroatoms. The zero-order chi connectivity index (χ0) is 16.2. The molecular formula is C16H12BrClN2O3. The molecule has 0 aliphatic rings. The van der Waals surface area contributed by atoms with Crippen molar-refractivity contribution in [2.75, 3.05) is 7.11 Å². The molecule has 0 unspecified atom stereocenters. The highest BCUT2D eigenvalue weighted by molar-refractivity contribution is 9.10. The first-order valence-corrected chi connectivity index (χ1v) is 7.87. The second-order valence-electron chi connectivity index (χ2n) is 4.60. The summed E-state index contributed by atoms with van der Waals surface area (Å²) in [6.45, 7) is 0.143. The lowest BCUT2D eigenvalue weighted by molar-refractivity contribution is 0.243. The van der Waals surface area contributed by atoms with Gasteiger partial charge in [-0.1, -0.05) is 32.7 Å². The van der Waals surface area contributed by atoms with Crippen LogP contribution in [0.2, 0.25) is 5.02 Å². The summed E-state index contributed by atoms with van der Waals surface area (Å²) in [5, 5.41) is 4.45. The van der Waals surface area contributed by atoms with Crippen LogP contribution in [0.15, 0.2) is 51.5 Å². The zero-order valence-electron chi connectivity index (χ0n) is 12.1. The van der Waals surface area contributed by atoms with Gasteiger partial charge in [-0.2, -0.15) is 4.98 Å². The number of methoxy groups -OCH3 is 1. The van der Waals surface area contributed by atoms with E-state index in [-0.39, 0.29) is 6.61 Å². The van der Waals surface area contributed by atoms with E-state index in [4.69, 9.17) is 25.6 Å². The summed E-state index contributed by atoms with van der Waals surface area (Å²) < 4.78 is 16.8. The number of nitrogens with zero attached hydrogens (tertiary/aromatic N) is 2. The van der Waals surface area contributed by atoms with Gasteiger partial charge in [0, 0.05) is 10.0 Å². The van der Waals surface area contributed by atoms with Gasteiger partial charge in [0.2, 0.25) is 5.82 Å². The molecule has 0 spiro atoms. The Labute approximate surface area is 146 Å². The van der Waals surface area contributed by atoms with Crippen molar-refractivity contribution in [3.8, 4) is 22.9 Å². The maximum atomic E-state index is 6.09. The fraction of sp³-hybridized carbons (Fsp3) is 0.125. The Bertz CT molecular complexity index is 805. The predicted molar refractivity (Wildman–Crippen MR) is 89.8 cm³/mol. The predicted octanol–water partition coefficient (Wildman–Crippen LogP) is 4.74. The smallest absolute Gasteiger partial charge is 0.264 e. The van der Waals surface area contributed by atoms with E-state index in [1.807, 2.05) is 30.3 Å². The number of hydrogen-bond donors (Lipinski definition) is 0. The molecule has 0 bridgehead atoms. The van der Waals surface area contributed by atoms with Gasteiger partial charge in [0.25, 0.3) is 5.89 Å². The van der Waals surface area contributed by atoms with Gasteiger partial charge in [-0.15, -0.1) is 0 Å². The molecule has 0 radical (unpaired) electrons. The molecular weight excluding hydrogens is 384 g/mol. The average molecular weight is 396 g/mol. The molecule has 1 heterocycles. The van der Waals surface area contributed by atoms with Gasteiger partial charge in [-0.25, -0.2) is 0 Å². The summed E-state index contributed by atoms with van der Waals surface area (Å²) in [5.41, 5.74) is 0.836. The van der Waals surface area contributed by atoms with Crippen molar-refractivity contribution in [2.24, 2.45) is 0 Å². The minimum absolute atomic E-state index is 0.143. The first-order chi connectivity index (χ1) is 11.2. The minimum atomic E-state index is 0.143. The van der Waals surface area contributed by atoms with E-state index in [9.17, 15) is 0 Å². The van der Waals surface area contributed by atoms with Crippen LogP contribution < -0.4 is 9.47 Å². The minimum Gasteiger partial charge on any atom is -0.497 e. The molecule has 23 heavy (non-hydrogen) atoms. The number of aromatic nitrogens is 2. The van der Waals surface area contributed by atoms with Gasteiger partial charge in [0.15, 0.2) is 6.61 Å². The summed E-state index contributed by atoms with van der Waals surface area (Å²) in [7, 11) is 1.62.